The van der Waals surface area contributed by atoms with Crippen LogP contribution in [0, 0.1) is 5.92 Å². The molecule has 2 unspecified atom stereocenters. The van der Waals surface area contributed by atoms with Crippen LogP contribution in [-0.4, -0.2) is 28.4 Å². The average molecular weight is 445 g/mol. The van der Waals surface area contributed by atoms with Crippen molar-refractivity contribution < 1.29 is 19.5 Å². The summed E-state index contributed by atoms with van der Waals surface area (Å²) in [5.74, 6) is 0.175. The standard InChI is InChI=1S/C27H28N2O4/c1-19(29-33-27(21-6-3-2-4-7-21)22-12-14-28-15-13-22)16-20-10-11-24-23(17-20)8-5-9-25(24)32-18-26(30)31/h2-9,12-15,20,27H,10-11,16-18H2,1H3,(H,30,31)/b29-19-. The number of oxime groups is 1. The van der Waals surface area contributed by atoms with Gasteiger partial charge >= 0.3 is 5.97 Å². The van der Waals surface area contributed by atoms with Crippen LogP contribution in [0.15, 0.2) is 78.2 Å². The Labute approximate surface area is 193 Å². The van der Waals surface area contributed by atoms with E-state index in [1.165, 1.54) is 5.56 Å². The molecule has 1 heterocycles. The van der Waals surface area contributed by atoms with Gasteiger partial charge < -0.3 is 14.7 Å². The smallest absolute Gasteiger partial charge is 0.341 e. The first-order valence-corrected chi connectivity index (χ1v) is 11.2. The molecule has 2 atom stereocenters. The van der Waals surface area contributed by atoms with Crippen molar-refractivity contribution in [2.24, 2.45) is 11.1 Å². The van der Waals surface area contributed by atoms with Crippen molar-refractivity contribution in [2.45, 2.75) is 38.7 Å². The number of ether oxygens (including phenoxy) is 1. The molecule has 0 saturated heterocycles. The number of benzene rings is 2. The Morgan fingerprint density at radius 2 is 1.85 bits per heavy atom. The van der Waals surface area contributed by atoms with Gasteiger partial charge in [0.25, 0.3) is 0 Å². The summed E-state index contributed by atoms with van der Waals surface area (Å²) in [6.07, 6.45) is 6.87. The van der Waals surface area contributed by atoms with Gasteiger partial charge in [-0.25, -0.2) is 4.79 Å². The van der Waals surface area contributed by atoms with Crippen LogP contribution in [0.1, 0.15) is 48.1 Å². The summed E-state index contributed by atoms with van der Waals surface area (Å²) in [5, 5.41) is 13.4. The number of nitrogens with zero attached hydrogens (tertiary/aromatic N) is 2. The van der Waals surface area contributed by atoms with Gasteiger partial charge in [-0.3, -0.25) is 4.98 Å². The number of carboxylic acid groups (broad SMARTS) is 1. The molecule has 1 N–H and O–H groups in total. The van der Waals surface area contributed by atoms with E-state index in [9.17, 15) is 4.79 Å². The molecule has 33 heavy (non-hydrogen) atoms. The first-order valence-electron chi connectivity index (χ1n) is 11.2. The highest BCUT2D eigenvalue weighted by atomic mass is 16.6. The van der Waals surface area contributed by atoms with Gasteiger partial charge in [0.1, 0.15) is 5.75 Å². The minimum absolute atomic E-state index is 0.287. The third-order valence-corrected chi connectivity index (χ3v) is 5.90. The second-order valence-electron chi connectivity index (χ2n) is 8.39. The van der Waals surface area contributed by atoms with Gasteiger partial charge in [0.2, 0.25) is 0 Å². The second-order valence-corrected chi connectivity index (χ2v) is 8.39. The summed E-state index contributed by atoms with van der Waals surface area (Å²) in [5.41, 5.74) is 5.36. The van der Waals surface area contributed by atoms with Crippen LogP contribution in [0.5, 0.6) is 5.75 Å². The number of carbonyl (C=O) groups is 1. The summed E-state index contributed by atoms with van der Waals surface area (Å²) < 4.78 is 5.48. The van der Waals surface area contributed by atoms with Gasteiger partial charge in [0.05, 0.1) is 5.71 Å². The Kier molecular flexibility index (Phi) is 7.35. The lowest BCUT2D eigenvalue weighted by molar-refractivity contribution is -0.139. The molecule has 0 saturated carbocycles. The van der Waals surface area contributed by atoms with Crippen LogP contribution in [0.3, 0.4) is 0 Å². The Morgan fingerprint density at radius 3 is 2.61 bits per heavy atom. The number of carboxylic acids is 1. The molecular weight excluding hydrogens is 416 g/mol. The summed E-state index contributed by atoms with van der Waals surface area (Å²) in [4.78, 5) is 21.0. The van der Waals surface area contributed by atoms with Crippen molar-refractivity contribution >= 4 is 11.7 Å². The summed E-state index contributed by atoms with van der Waals surface area (Å²) in [6.45, 7) is 1.69. The van der Waals surface area contributed by atoms with Crippen LogP contribution in [0.25, 0.3) is 0 Å². The number of pyridine rings is 1. The molecule has 0 aliphatic heterocycles. The Bertz CT molecular complexity index is 1060. The number of fused-ring (bicyclic) bond motifs is 1. The van der Waals surface area contributed by atoms with Crippen molar-refractivity contribution in [3.05, 3.63) is 95.3 Å². The van der Waals surface area contributed by atoms with E-state index in [-0.39, 0.29) is 12.7 Å². The topological polar surface area (TPSA) is 81.0 Å². The molecule has 1 aliphatic rings. The first kappa shape index (κ1) is 22.5. The van der Waals surface area contributed by atoms with Crippen LogP contribution in [-0.2, 0) is 22.5 Å². The van der Waals surface area contributed by atoms with Gasteiger partial charge in [-0.2, -0.15) is 0 Å². The fraction of sp³-hybridized carbons (Fsp3) is 0.296. The lowest BCUT2D eigenvalue weighted by Gasteiger charge is -2.26. The maximum Gasteiger partial charge on any atom is 0.341 e. The molecule has 0 bridgehead atoms. The number of aliphatic carboxylic acids is 1. The molecule has 3 aromatic rings. The zero-order valence-corrected chi connectivity index (χ0v) is 18.7. The van der Waals surface area contributed by atoms with E-state index in [1.807, 2.05) is 61.5 Å². The SMILES string of the molecule is C/C(CC1CCc2c(cccc2OCC(=O)O)C1)=N/OC(c1ccccc1)c1ccncc1. The van der Waals surface area contributed by atoms with Crippen molar-refractivity contribution in [1.29, 1.82) is 0 Å². The lowest BCUT2D eigenvalue weighted by Crippen LogP contribution is -2.19. The second kappa shape index (κ2) is 10.8. The zero-order chi connectivity index (χ0) is 23.0. The minimum atomic E-state index is -0.964. The molecule has 6 heteroatoms. The van der Waals surface area contributed by atoms with Crippen molar-refractivity contribution in [1.82, 2.24) is 4.98 Å². The quantitative estimate of drug-likeness (QED) is 0.361. The maximum absolute atomic E-state index is 10.9. The summed E-state index contributed by atoms with van der Waals surface area (Å²) in [7, 11) is 0. The van der Waals surface area contributed by atoms with Gasteiger partial charge in [0, 0.05) is 18.0 Å². The normalized spacial score (nSPS) is 16.5. The van der Waals surface area contributed by atoms with E-state index in [0.717, 1.165) is 48.1 Å². The van der Waals surface area contributed by atoms with E-state index in [0.29, 0.717) is 11.7 Å². The van der Waals surface area contributed by atoms with Crippen LogP contribution in [0.2, 0.25) is 0 Å². The summed E-state index contributed by atoms with van der Waals surface area (Å²) >= 11 is 0. The Balaban J connectivity index is 1.42. The summed E-state index contributed by atoms with van der Waals surface area (Å²) in [6, 6.07) is 19.8. The Hall–Kier alpha value is -3.67. The minimum Gasteiger partial charge on any atom is -0.482 e. The monoisotopic (exact) mass is 444 g/mol. The van der Waals surface area contributed by atoms with Crippen LogP contribution >= 0.6 is 0 Å². The molecule has 0 radical (unpaired) electrons. The number of rotatable bonds is 9. The molecule has 0 fully saturated rings. The van der Waals surface area contributed by atoms with Crippen molar-refractivity contribution in [3.63, 3.8) is 0 Å². The lowest BCUT2D eigenvalue weighted by atomic mass is 9.81. The fourth-order valence-electron chi connectivity index (χ4n) is 4.37. The van der Waals surface area contributed by atoms with Crippen LogP contribution < -0.4 is 4.74 Å². The number of hydrogen-bond donors (Lipinski definition) is 1. The molecule has 2 aromatic carbocycles. The molecule has 1 aliphatic carbocycles. The predicted molar refractivity (Wildman–Crippen MR) is 126 cm³/mol. The van der Waals surface area contributed by atoms with E-state index >= 15 is 0 Å². The van der Waals surface area contributed by atoms with Crippen molar-refractivity contribution in [3.8, 4) is 5.75 Å². The van der Waals surface area contributed by atoms with Gasteiger partial charge in [-0.05, 0) is 73.4 Å². The predicted octanol–water partition coefficient (Wildman–Crippen LogP) is 5.22. The Morgan fingerprint density at radius 1 is 1.09 bits per heavy atom. The van der Waals surface area contributed by atoms with E-state index in [4.69, 9.17) is 14.7 Å². The highest BCUT2D eigenvalue weighted by Gasteiger charge is 2.23. The van der Waals surface area contributed by atoms with E-state index in [2.05, 4.69) is 16.2 Å². The largest absolute Gasteiger partial charge is 0.482 e. The highest BCUT2D eigenvalue weighted by molar-refractivity contribution is 5.81. The number of hydrogen-bond acceptors (Lipinski definition) is 5. The molecule has 0 amide bonds. The van der Waals surface area contributed by atoms with Gasteiger partial charge in [-0.1, -0.05) is 47.6 Å². The zero-order valence-electron chi connectivity index (χ0n) is 18.7. The van der Waals surface area contributed by atoms with Crippen LogP contribution in [0.4, 0.5) is 0 Å². The molecule has 1 aromatic heterocycles. The van der Waals surface area contributed by atoms with Crippen molar-refractivity contribution in [2.75, 3.05) is 6.61 Å². The maximum atomic E-state index is 10.9. The molecule has 4 rings (SSSR count). The molecule has 0 spiro atoms. The highest BCUT2D eigenvalue weighted by Crippen LogP contribution is 2.34. The third kappa shape index (κ3) is 5.98. The molecule has 170 valence electrons. The van der Waals surface area contributed by atoms with Gasteiger partial charge in [-0.15, -0.1) is 0 Å². The average Bonchev–Trinajstić information content (AvgIpc) is 2.84. The molecule has 6 nitrogen and oxygen atoms in total. The first-order chi connectivity index (χ1) is 16.1. The van der Waals surface area contributed by atoms with Gasteiger partial charge in [0.15, 0.2) is 12.7 Å². The molecular formula is C27H28N2O4. The van der Waals surface area contributed by atoms with E-state index in [1.54, 1.807) is 12.4 Å². The van der Waals surface area contributed by atoms with E-state index < -0.39 is 5.97 Å². The third-order valence-electron chi connectivity index (χ3n) is 5.90. The number of aromatic nitrogens is 1. The fourth-order valence-corrected chi connectivity index (χ4v) is 4.37.